The van der Waals surface area contributed by atoms with Crippen LogP contribution in [0.1, 0.15) is 42.2 Å². The minimum Gasteiger partial charge on any atom is -0.381 e. The van der Waals surface area contributed by atoms with E-state index in [-0.39, 0.29) is 46.5 Å². The predicted molar refractivity (Wildman–Crippen MR) is 131 cm³/mol. The highest BCUT2D eigenvalue weighted by Gasteiger charge is 2.77. The van der Waals surface area contributed by atoms with Crippen LogP contribution in [-0.2, 0) is 31.2 Å². The number of benzene rings is 1. The summed E-state index contributed by atoms with van der Waals surface area (Å²) in [6, 6.07) is 3.41. The quantitative estimate of drug-likeness (QED) is 0.245. The van der Waals surface area contributed by atoms with Crippen molar-refractivity contribution < 1.29 is 48.9 Å². The Morgan fingerprint density at radius 3 is 2.37 bits per heavy atom. The largest absolute Gasteiger partial charge is 0.492 e. The lowest BCUT2D eigenvalue weighted by molar-refractivity contribution is -0.279. The first-order valence-electron chi connectivity index (χ1n) is 12.3. The summed E-state index contributed by atoms with van der Waals surface area (Å²) in [7, 11) is -4.99. The van der Waals surface area contributed by atoms with Gasteiger partial charge < -0.3 is 15.1 Å². The van der Waals surface area contributed by atoms with Gasteiger partial charge in [-0.1, -0.05) is 11.2 Å². The topological polar surface area (TPSA) is 159 Å². The SMILES string of the molecule is Cc1noc(C23CC(N(OC(=O)C(F)(F)F)S(=O)(=O)c4ccc(C)c(-c5cnc6c(N)nc(C(F)(F)F)cn56)c4)(C2)C3)n1. The molecule has 0 aliphatic heterocycles. The van der Waals surface area contributed by atoms with E-state index in [2.05, 4.69) is 24.9 Å². The molecule has 3 fully saturated rings. The fraction of sp³-hybridized carbons (Fsp3) is 0.375. The smallest absolute Gasteiger partial charge is 0.381 e. The molecule has 228 valence electrons. The minimum absolute atomic E-state index is 0.0146. The standard InChI is InChI=1S/C24H19F6N7O5S/c1-11-3-4-13(5-14(11)15-6-32-18-17(31)34-16(7-36(15)18)23(25,26)27)43(39,40)37(42-20(38)24(28,29)30)22-8-21(9-22,10-22)19-33-12(2)35-41-19/h3-7H,8-10H2,1-2H3,(H2,31,34). The molecule has 3 aliphatic carbocycles. The molecule has 3 saturated carbocycles. The Bertz CT molecular complexity index is 1900. The van der Waals surface area contributed by atoms with Crippen LogP contribution < -0.4 is 5.73 Å². The zero-order valence-corrected chi connectivity index (χ0v) is 22.8. The van der Waals surface area contributed by atoms with Crippen molar-refractivity contribution in [3.8, 4) is 11.3 Å². The van der Waals surface area contributed by atoms with Gasteiger partial charge >= 0.3 is 18.3 Å². The van der Waals surface area contributed by atoms with E-state index in [9.17, 15) is 39.6 Å². The monoisotopic (exact) mass is 631 g/mol. The first-order chi connectivity index (χ1) is 19.9. The van der Waals surface area contributed by atoms with Crippen LogP contribution in [0.25, 0.3) is 16.9 Å². The van der Waals surface area contributed by atoms with Gasteiger partial charge in [0.05, 0.1) is 27.7 Å². The molecule has 0 radical (unpaired) electrons. The third-order valence-corrected chi connectivity index (χ3v) is 9.33. The number of nitrogen functional groups attached to an aromatic ring is 1. The van der Waals surface area contributed by atoms with Gasteiger partial charge in [0.15, 0.2) is 23.0 Å². The number of fused-ring (bicyclic) bond motifs is 1. The van der Waals surface area contributed by atoms with Crippen LogP contribution in [-0.4, -0.2) is 55.1 Å². The third-order valence-electron chi connectivity index (χ3n) is 7.58. The van der Waals surface area contributed by atoms with E-state index in [0.29, 0.717) is 17.6 Å². The fourth-order valence-corrected chi connectivity index (χ4v) is 7.24. The van der Waals surface area contributed by atoms with Crippen LogP contribution in [0.4, 0.5) is 32.2 Å². The molecule has 0 unspecified atom stereocenters. The van der Waals surface area contributed by atoms with Crippen molar-refractivity contribution in [1.29, 1.82) is 0 Å². The minimum atomic E-state index is -5.52. The van der Waals surface area contributed by atoms with Gasteiger partial charge in [0.25, 0.3) is 10.0 Å². The van der Waals surface area contributed by atoms with Gasteiger partial charge in [-0.2, -0.15) is 31.3 Å². The van der Waals surface area contributed by atoms with Crippen molar-refractivity contribution in [3.05, 3.63) is 53.6 Å². The summed E-state index contributed by atoms with van der Waals surface area (Å²) < 4.78 is 114. The van der Waals surface area contributed by atoms with E-state index in [1.54, 1.807) is 6.92 Å². The number of nitrogens with zero attached hydrogens (tertiary/aromatic N) is 6. The molecule has 0 saturated heterocycles. The second kappa shape index (κ2) is 8.88. The van der Waals surface area contributed by atoms with Crippen LogP contribution in [0, 0.1) is 13.8 Å². The molecule has 0 atom stereocenters. The van der Waals surface area contributed by atoms with Gasteiger partial charge in [-0.05, 0) is 55.3 Å². The van der Waals surface area contributed by atoms with Crippen molar-refractivity contribution in [2.45, 2.75) is 61.3 Å². The molecular formula is C24H19F6N7O5S. The molecule has 0 amide bonds. The fourth-order valence-electron chi connectivity index (χ4n) is 5.68. The molecule has 3 heterocycles. The third kappa shape index (κ3) is 4.39. The summed E-state index contributed by atoms with van der Waals surface area (Å²) in [5.41, 5.74) is 2.29. The summed E-state index contributed by atoms with van der Waals surface area (Å²) in [6.07, 6.45) is -8.80. The first kappa shape index (κ1) is 28.8. The van der Waals surface area contributed by atoms with Crippen molar-refractivity contribution >= 4 is 27.5 Å². The van der Waals surface area contributed by atoms with Crippen LogP contribution in [0.3, 0.4) is 0 Å². The second-order valence-electron chi connectivity index (χ2n) is 10.6. The van der Waals surface area contributed by atoms with Crippen LogP contribution >= 0.6 is 0 Å². The van der Waals surface area contributed by atoms with E-state index in [0.717, 1.165) is 22.7 Å². The van der Waals surface area contributed by atoms with E-state index < -0.39 is 55.7 Å². The summed E-state index contributed by atoms with van der Waals surface area (Å²) in [5.74, 6) is -2.80. The van der Waals surface area contributed by atoms with Crippen molar-refractivity contribution in [2.75, 3.05) is 5.73 Å². The Labute approximate surface area is 237 Å². The Morgan fingerprint density at radius 2 is 1.79 bits per heavy atom. The van der Waals surface area contributed by atoms with Crippen LogP contribution in [0.5, 0.6) is 0 Å². The number of sulfonamides is 1. The van der Waals surface area contributed by atoms with Gasteiger partial charge in [-0.3, -0.25) is 4.40 Å². The highest BCUT2D eigenvalue weighted by atomic mass is 32.2. The number of anilines is 1. The molecule has 19 heteroatoms. The number of imidazole rings is 1. The number of aryl methyl sites for hydroxylation is 2. The molecule has 0 spiro atoms. The molecule has 7 rings (SSSR count). The van der Waals surface area contributed by atoms with Gasteiger partial charge in [0, 0.05) is 11.8 Å². The van der Waals surface area contributed by atoms with E-state index in [4.69, 9.17) is 10.3 Å². The molecule has 12 nitrogen and oxygen atoms in total. The average Bonchev–Trinajstić information content (AvgIpc) is 3.47. The Hall–Kier alpha value is -4.26. The van der Waals surface area contributed by atoms with Gasteiger partial charge in [-0.25, -0.2) is 23.2 Å². The molecule has 4 aromatic rings. The summed E-state index contributed by atoms with van der Waals surface area (Å²) in [5, 5.41) is 3.69. The van der Waals surface area contributed by atoms with Gasteiger partial charge in [-0.15, -0.1) is 0 Å². The number of hydrogen-bond acceptors (Lipinski definition) is 10. The second-order valence-corrected chi connectivity index (χ2v) is 12.4. The maximum Gasteiger partial charge on any atom is 0.492 e. The zero-order valence-electron chi connectivity index (χ0n) is 22.0. The lowest BCUT2D eigenvalue weighted by Crippen LogP contribution is -2.77. The lowest BCUT2D eigenvalue weighted by atomic mass is 9.39. The Morgan fingerprint density at radius 1 is 1.12 bits per heavy atom. The molecule has 1 aromatic carbocycles. The molecule has 3 aromatic heterocycles. The first-order valence-corrected chi connectivity index (χ1v) is 13.8. The van der Waals surface area contributed by atoms with Crippen LogP contribution in [0.15, 0.2) is 40.0 Å². The number of hydroxylamine groups is 1. The number of nitrogens with two attached hydrogens (primary N) is 1. The number of halogens is 6. The van der Waals surface area contributed by atoms with E-state index in [1.165, 1.54) is 13.0 Å². The van der Waals surface area contributed by atoms with Crippen molar-refractivity contribution in [3.63, 3.8) is 0 Å². The molecule has 2 N–H and O–H groups in total. The number of carbonyl (C=O) groups is 1. The molecular weight excluding hydrogens is 612 g/mol. The van der Waals surface area contributed by atoms with E-state index >= 15 is 0 Å². The number of carbonyl (C=O) groups excluding carboxylic acids is 1. The number of aromatic nitrogens is 5. The van der Waals surface area contributed by atoms with Crippen molar-refractivity contribution in [1.82, 2.24) is 29.0 Å². The number of rotatable bonds is 6. The number of hydrogen-bond donors (Lipinski definition) is 1. The number of alkyl halides is 6. The Kier molecular flexibility index (Phi) is 5.96. The summed E-state index contributed by atoms with van der Waals surface area (Å²) >= 11 is 0. The van der Waals surface area contributed by atoms with Gasteiger partial charge in [0.2, 0.25) is 5.89 Å². The van der Waals surface area contributed by atoms with E-state index in [1.807, 2.05) is 0 Å². The normalized spacial score (nSPS) is 22.0. The predicted octanol–water partition coefficient (Wildman–Crippen LogP) is 3.88. The zero-order chi connectivity index (χ0) is 31.3. The molecule has 2 bridgehead atoms. The maximum absolute atomic E-state index is 13.9. The highest BCUT2D eigenvalue weighted by molar-refractivity contribution is 7.89. The molecule has 43 heavy (non-hydrogen) atoms. The summed E-state index contributed by atoms with van der Waals surface area (Å²) in [4.78, 5) is 27.3. The summed E-state index contributed by atoms with van der Waals surface area (Å²) in [6.45, 7) is 3.09. The maximum atomic E-state index is 13.9. The lowest BCUT2D eigenvalue weighted by Gasteiger charge is -2.69. The van der Waals surface area contributed by atoms with Crippen molar-refractivity contribution in [2.24, 2.45) is 0 Å². The molecule has 3 aliphatic rings. The Balaban J connectivity index is 1.42. The average molecular weight is 632 g/mol. The van der Waals surface area contributed by atoms with Gasteiger partial charge in [0.1, 0.15) is 0 Å². The highest BCUT2D eigenvalue weighted by Crippen LogP contribution is 2.70. The van der Waals surface area contributed by atoms with Crippen LogP contribution in [0.2, 0.25) is 0 Å².